The molecular weight excluding hydrogens is 354 g/mol. The molecule has 1 aliphatic heterocycles. The van der Waals surface area contributed by atoms with Crippen molar-refractivity contribution in [3.8, 4) is 17.1 Å². The monoisotopic (exact) mass is 375 g/mol. The van der Waals surface area contributed by atoms with Gasteiger partial charge in [0.05, 0.1) is 26.2 Å². The van der Waals surface area contributed by atoms with E-state index in [0.717, 1.165) is 11.3 Å². The van der Waals surface area contributed by atoms with E-state index in [9.17, 15) is 9.59 Å². The average Bonchev–Trinajstić information content (AvgIpc) is 3.15. The quantitative estimate of drug-likeness (QED) is 0.772. The van der Waals surface area contributed by atoms with Crippen molar-refractivity contribution >= 4 is 11.9 Å². The number of rotatable bonds is 7. The summed E-state index contributed by atoms with van der Waals surface area (Å²) in [7, 11) is 1.59. The van der Waals surface area contributed by atoms with E-state index in [1.54, 1.807) is 24.1 Å². The smallest absolute Gasteiger partial charge is 0.306 e. The third kappa shape index (κ3) is 5.04. The van der Waals surface area contributed by atoms with E-state index in [0.29, 0.717) is 31.3 Å². The van der Waals surface area contributed by atoms with Crippen molar-refractivity contribution in [2.75, 3.05) is 26.8 Å². The Morgan fingerprint density at radius 3 is 2.81 bits per heavy atom. The fourth-order valence-electron chi connectivity index (χ4n) is 2.85. The topological polar surface area (TPSA) is 115 Å². The maximum atomic E-state index is 12.4. The summed E-state index contributed by atoms with van der Waals surface area (Å²) in [6.45, 7) is 1.08. The van der Waals surface area contributed by atoms with Crippen molar-refractivity contribution in [1.29, 1.82) is 0 Å². The average molecular weight is 375 g/mol. The zero-order valence-corrected chi connectivity index (χ0v) is 15.0. The number of hydrogen-bond acceptors (Lipinski definition) is 7. The molecule has 1 aliphatic rings. The molecule has 9 heteroatoms. The van der Waals surface area contributed by atoms with Crippen LogP contribution in [0.4, 0.5) is 0 Å². The van der Waals surface area contributed by atoms with Gasteiger partial charge in [-0.25, -0.2) is 0 Å². The van der Waals surface area contributed by atoms with Crippen molar-refractivity contribution in [1.82, 2.24) is 15.0 Å². The molecule has 0 unspecified atom stereocenters. The number of aliphatic carboxylic acids is 1. The van der Waals surface area contributed by atoms with Crippen LogP contribution in [0, 0.1) is 0 Å². The molecular formula is C18H21N3O6. The van der Waals surface area contributed by atoms with Crippen LogP contribution in [0.1, 0.15) is 18.7 Å². The van der Waals surface area contributed by atoms with Crippen LogP contribution >= 0.6 is 0 Å². The Kier molecular flexibility index (Phi) is 6.02. The number of benzene rings is 1. The van der Waals surface area contributed by atoms with Crippen LogP contribution in [0.2, 0.25) is 0 Å². The van der Waals surface area contributed by atoms with E-state index in [-0.39, 0.29) is 25.3 Å². The van der Waals surface area contributed by atoms with Crippen molar-refractivity contribution in [2.24, 2.45) is 0 Å². The van der Waals surface area contributed by atoms with Crippen LogP contribution in [-0.2, 0) is 20.7 Å². The van der Waals surface area contributed by atoms with Crippen LogP contribution < -0.4 is 4.74 Å². The largest absolute Gasteiger partial charge is 0.497 e. The highest BCUT2D eigenvalue weighted by Crippen LogP contribution is 2.20. The van der Waals surface area contributed by atoms with Crippen LogP contribution in [0.3, 0.4) is 0 Å². The van der Waals surface area contributed by atoms with E-state index in [4.69, 9.17) is 19.1 Å². The Morgan fingerprint density at radius 2 is 2.11 bits per heavy atom. The molecule has 0 bridgehead atoms. The van der Waals surface area contributed by atoms with Gasteiger partial charge in [-0.1, -0.05) is 5.16 Å². The Hall–Kier alpha value is -2.94. The summed E-state index contributed by atoms with van der Waals surface area (Å²) in [5.74, 6) is 0.543. The van der Waals surface area contributed by atoms with Crippen LogP contribution in [0.15, 0.2) is 28.8 Å². The molecule has 1 amide bonds. The minimum Gasteiger partial charge on any atom is -0.497 e. The van der Waals surface area contributed by atoms with Crippen molar-refractivity contribution in [3.63, 3.8) is 0 Å². The van der Waals surface area contributed by atoms with Gasteiger partial charge < -0.3 is 24.0 Å². The summed E-state index contributed by atoms with van der Waals surface area (Å²) >= 11 is 0. The third-order valence-electron chi connectivity index (χ3n) is 4.26. The molecule has 3 rings (SSSR count). The lowest BCUT2D eigenvalue weighted by Crippen LogP contribution is -2.46. The molecule has 2 heterocycles. The number of ether oxygens (including phenoxy) is 2. The predicted octanol–water partition coefficient (Wildman–Crippen LogP) is 1.38. The van der Waals surface area contributed by atoms with Gasteiger partial charge in [-0.05, 0) is 24.3 Å². The lowest BCUT2D eigenvalue weighted by Gasteiger charge is -2.32. The van der Waals surface area contributed by atoms with Gasteiger partial charge in [-0.2, -0.15) is 4.98 Å². The first-order chi connectivity index (χ1) is 13.0. The Balaban J connectivity index is 1.53. The Bertz CT molecular complexity index is 789. The molecule has 0 spiro atoms. The highest BCUT2D eigenvalue weighted by molar-refractivity contribution is 5.76. The number of carboxylic acids is 1. The molecule has 2 aromatic rings. The maximum absolute atomic E-state index is 12.4. The Morgan fingerprint density at radius 1 is 1.33 bits per heavy atom. The highest BCUT2D eigenvalue weighted by atomic mass is 16.5. The summed E-state index contributed by atoms with van der Waals surface area (Å²) in [6.07, 6.45) is -0.0451. The first-order valence-electron chi connectivity index (χ1n) is 8.63. The van der Waals surface area contributed by atoms with Crippen molar-refractivity contribution in [2.45, 2.75) is 25.4 Å². The fraction of sp³-hybridized carbons (Fsp3) is 0.444. The zero-order chi connectivity index (χ0) is 19.2. The number of methoxy groups -OCH3 is 1. The molecule has 0 saturated carbocycles. The van der Waals surface area contributed by atoms with Gasteiger partial charge in [0.25, 0.3) is 0 Å². The molecule has 144 valence electrons. The number of nitrogens with zero attached hydrogens (tertiary/aromatic N) is 3. The van der Waals surface area contributed by atoms with Gasteiger partial charge in [0.15, 0.2) is 0 Å². The number of carbonyl (C=O) groups excluding carboxylic acids is 1. The van der Waals surface area contributed by atoms with Crippen molar-refractivity contribution < 1.29 is 28.7 Å². The molecule has 27 heavy (non-hydrogen) atoms. The number of aromatic nitrogens is 2. The third-order valence-corrected chi connectivity index (χ3v) is 4.26. The second-order valence-electron chi connectivity index (χ2n) is 6.17. The first kappa shape index (κ1) is 18.8. The number of amides is 1. The van der Waals surface area contributed by atoms with E-state index in [1.807, 2.05) is 12.1 Å². The lowest BCUT2D eigenvalue weighted by atomic mass is 10.2. The predicted molar refractivity (Wildman–Crippen MR) is 93.2 cm³/mol. The van der Waals surface area contributed by atoms with Gasteiger partial charge in [0.2, 0.25) is 17.6 Å². The Labute approximate surface area is 155 Å². The second-order valence-corrected chi connectivity index (χ2v) is 6.17. The molecule has 1 saturated heterocycles. The van der Waals surface area contributed by atoms with Crippen LogP contribution in [-0.4, -0.2) is 64.9 Å². The van der Waals surface area contributed by atoms with E-state index >= 15 is 0 Å². The van der Waals surface area contributed by atoms with E-state index < -0.39 is 12.1 Å². The number of morpholine rings is 1. The van der Waals surface area contributed by atoms with Crippen molar-refractivity contribution in [3.05, 3.63) is 30.2 Å². The summed E-state index contributed by atoms with van der Waals surface area (Å²) in [5, 5.41) is 12.8. The standard InChI is InChI=1S/C18H21N3O6/c1-25-13-4-2-12(3-5-13)18-19-15(27-20-18)6-7-16(22)21-8-9-26-14(11-21)10-17(23)24/h2-5,14H,6-11H2,1H3,(H,23,24)/t14-/m0/s1. The fourth-order valence-corrected chi connectivity index (χ4v) is 2.85. The van der Waals surface area contributed by atoms with Crippen LogP contribution in [0.25, 0.3) is 11.4 Å². The highest BCUT2D eigenvalue weighted by Gasteiger charge is 2.26. The summed E-state index contributed by atoms with van der Waals surface area (Å²) in [5.41, 5.74) is 0.793. The SMILES string of the molecule is COc1ccc(-c2noc(CCC(=O)N3CCO[C@@H](CC(=O)O)C3)n2)cc1. The number of carboxylic acid groups (broad SMARTS) is 1. The lowest BCUT2D eigenvalue weighted by molar-refractivity contribution is -0.147. The molecule has 1 aromatic carbocycles. The van der Waals surface area contributed by atoms with E-state index in [1.165, 1.54) is 0 Å². The number of carbonyl (C=O) groups is 2. The van der Waals surface area contributed by atoms with Gasteiger partial charge >= 0.3 is 5.97 Å². The minimum absolute atomic E-state index is 0.0853. The summed E-state index contributed by atoms with van der Waals surface area (Å²) in [4.78, 5) is 29.1. The van der Waals surface area contributed by atoms with Gasteiger partial charge in [-0.3, -0.25) is 9.59 Å². The summed E-state index contributed by atoms with van der Waals surface area (Å²) < 4.78 is 15.7. The van der Waals surface area contributed by atoms with Gasteiger partial charge in [0.1, 0.15) is 5.75 Å². The maximum Gasteiger partial charge on any atom is 0.306 e. The molecule has 1 N–H and O–H groups in total. The second kappa shape index (κ2) is 8.63. The number of aryl methyl sites for hydroxylation is 1. The summed E-state index contributed by atoms with van der Waals surface area (Å²) in [6, 6.07) is 7.27. The molecule has 1 fully saturated rings. The van der Waals surface area contributed by atoms with Gasteiger partial charge in [-0.15, -0.1) is 0 Å². The molecule has 1 aromatic heterocycles. The minimum atomic E-state index is -0.939. The first-order valence-corrected chi connectivity index (χ1v) is 8.63. The number of hydrogen-bond donors (Lipinski definition) is 1. The van der Waals surface area contributed by atoms with Crippen LogP contribution in [0.5, 0.6) is 5.75 Å². The molecule has 0 aliphatic carbocycles. The molecule has 9 nitrogen and oxygen atoms in total. The zero-order valence-electron chi connectivity index (χ0n) is 15.0. The molecule has 1 atom stereocenters. The van der Waals surface area contributed by atoms with Gasteiger partial charge in [0, 0.05) is 31.5 Å². The van der Waals surface area contributed by atoms with E-state index in [2.05, 4.69) is 10.1 Å². The normalized spacial score (nSPS) is 16.9. The molecule has 0 radical (unpaired) electrons.